The van der Waals surface area contributed by atoms with E-state index in [2.05, 4.69) is 194 Å². The molecule has 234 valence electrons. The zero-order valence-corrected chi connectivity index (χ0v) is 27.4. The van der Waals surface area contributed by atoms with Crippen LogP contribution < -0.4 is 4.74 Å². The second kappa shape index (κ2) is 11.3. The number of rotatable bonds is 5. The van der Waals surface area contributed by atoms with Crippen LogP contribution in [0.1, 0.15) is 22.3 Å². The van der Waals surface area contributed by atoms with Crippen molar-refractivity contribution in [2.24, 2.45) is 0 Å². The first-order valence-corrected chi connectivity index (χ1v) is 17.3. The Bertz CT molecular complexity index is 2480. The number of ether oxygens (including phenoxy) is 1. The molecule has 1 unspecified atom stereocenters. The van der Waals surface area contributed by atoms with Gasteiger partial charge < -0.3 is 4.74 Å². The van der Waals surface area contributed by atoms with Gasteiger partial charge in [0.25, 0.3) is 0 Å². The lowest BCUT2D eigenvalue weighted by molar-refractivity contribution is 0.439. The minimum Gasteiger partial charge on any atom is -0.456 e. The van der Waals surface area contributed by atoms with Crippen LogP contribution in [0.5, 0.6) is 11.5 Å². The number of hydrogen-bond acceptors (Lipinski definition) is 1. The Kier molecular flexibility index (Phi) is 6.47. The van der Waals surface area contributed by atoms with Crippen molar-refractivity contribution in [2.45, 2.75) is 5.41 Å². The standard InChI is InChI=1S/C49H32O/c1-5-15-33(16-6-1)37-29-38(34-17-7-2-8-18-34)31-39(30-37)36-25-28-44-43(32-36)42-27-26-41(35-19-9-3-10-20-35)48-47(42)49(44,40-21-11-4-12-22-40)45-23-13-14-24-46(45)50-48/h1-32H. The van der Waals surface area contributed by atoms with Gasteiger partial charge in [-0.3, -0.25) is 0 Å². The van der Waals surface area contributed by atoms with Crippen LogP contribution in [0.25, 0.3) is 55.6 Å². The fraction of sp³-hybridized carbons (Fsp3) is 0.0204. The first kappa shape index (κ1) is 28.6. The van der Waals surface area contributed by atoms with Gasteiger partial charge in [0, 0.05) is 16.7 Å². The Labute approximate surface area is 292 Å². The molecule has 1 nitrogen and oxygen atoms in total. The first-order valence-electron chi connectivity index (χ1n) is 17.3. The van der Waals surface area contributed by atoms with Crippen molar-refractivity contribution in [1.29, 1.82) is 0 Å². The van der Waals surface area contributed by atoms with E-state index in [-0.39, 0.29) is 0 Å². The van der Waals surface area contributed by atoms with Crippen molar-refractivity contribution in [3.63, 3.8) is 0 Å². The van der Waals surface area contributed by atoms with E-state index in [4.69, 9.17) is 4.74 Å². The first-order chi connectivity index (χ1) is 24.8. The van der Waals surface area contributed by atoms with Gasteiger partial charge in [0.05, 0.1) is 5.41 Å². The molecule has 1 heteroatoms. The van der Waals surface area contributed by atoms with Gasteiger partial charge in [-0.2, -0.15) is 0 Å². The average Bonchev–Trinajstić information content (AvgIpc) is 3.51. The summed E-state index contributed by atoms with van der Waals surface area (Å²) in [6.45, 7) is 0. The molecular formula is C49H32O. The van der Waals surface area contributed by atoms with Gasteiger partial charge in [-0.15, -0.1) is 0 Å². The third kappa shape index (κ3) is 4.27. The van der Waals surface area contributed by atoms with E-state index in [9.17, 15) is 0 Å². The molecule has 0 fully saturated rings. The molecule has 0 amide bonds. The van der Waals surface area contributed by atoms with Gasteiger partial charge in [0.1, 0.15) is 11.5 Å². The number of benzene rings is 8. The van der Waals surface area contributed by atoms with Gasteiger partial charge in [-0.1, -0.05) is 158 Å². The van der Waals surface area contributed by atoms with Gasteiger partial charge in [-0.25, -0.2) is 0 Å². The van der Waals surface area contributed by atoms with E-state index in [0.29, 0.717) is 0 Å². The summed E-state index contributed by atoms with van der Waals surface area (Å²) in [6.07, 6.45) is 0. The Hall–Kier alpha value is -6.44. The highest BCUT2D eigenvalue weighted by atomic mass is 16.5. The Morgan fingerprint density at radius 2 is 0.840 bits per heavy atom. The van der Waals surface area contributed by atoms with Crippen LogP contribution in [0.3, 0.4) is 0 Å². The molecule has 10 rings (SSSR count). The zero-order valence-electron chi connectivity index (χ0n) is 27.4. The predicted octanol–water partition coefficient (Wildman–Crippen LogP) is 12.8. The van der Waals surface area contributed by atoms with E-state index in [1.54, 1.807) is 0 Å². The van der Waals surface area contributed by atoms with Gasteiger partial charge in [0.2, 0.25) is 0 Å². The van der Waals surface area contributed by atoms with Gasteiger partial charge in [0.15, 0.2) is 0 Å². The summed E-state index contributed by atoms with van der Waals surface area (Å²) in [7, 11) is 0. The lowest BCUT2D eigenvalue weighted by Crippen LogP contribution is -2.32. The molecule has 1 atom stereocenters. The van der Waals surface area contributed by atoms with E-state index < -0.39 is 5.41 Å². The quantitative estimate of drug-likeness (QED) is 0.183. The van der Waals surface area contributed by atoms with Crippen molar-refractivity contribution in [3.05, 3.63) is 216 Å². The Balaban J connectivity index is 1.26. The molecule has 0 radical (unpaired) electrons. The predicted molar refractivity (Wildman–Crippen MR) is 206 cm³/mol. The van der Waals surface area contributed by atoms with Crippen LogP contribution in [-0.4, -0.2) is 0 Å². The molecule has 0 saturated carbocycles. The summed E-state index contributed by atoms with van der Waals surface area (Å²) in [5.41, 5.74) is 16.3. The molecule has 50 heavy (non-hydrogen) atoms. The summed E-state index contributed by atoms with van der Waals surface area (Å²) in [5.74, 6) is 1.84. The summed E-state index contributed by atoms with van der Waals surface area (Å²) < 4.78 is 6.98. The number of para-hydroxylation sites is 1. The molecule has 0 bridgehead atoms. The summed E-state index contributed by atoms with van der Waals surface area (Å²) in [5, 5.41) is 0. The normalized spacial score (nSPS) is 15.0. The highest BCUT2D eigenvalue weighted by molar-refractivity contribution is 5.96. The molecule has 0 spiro atoms. The number of fused-ring (bicyclic) bond motifs is 5. The third-order valence-corrected chi connectivity index (χ3v) is 10.5. The zero-order chi connectivity index (χ0) is 33.1. The molecule has 1 heterocycles. The van der Waals surface area contributed by atoms with Crippen LogP contribution >= 0.6 is 0 Å². The fourth-order valence-electron chi connectivity index (χ4n) is 8.33. The molecular weight excluding hydrogens is 605 g/mol. The lowest BCUT2D eigenvalue weighted by atomic mass is 9.65. The van der Waals surface area contributed by atoms with Crippen LogP contribution in [0, 0.1) is 0 Å². The Morgan fingerprint density at radius 3 is 1.48 bits per heavy atom. The van der Waals surface area contributed by atoms with E-state index >= 15 is 0 Å². The van der Waals surface area contributed by atoms with Gasteiger partial charge >= 0.3 is 0 Å². The fourth-order valence-corrected chi connectivity index (χ4v) is 8.33. The Morgan fingerprint density at radius 1 is 0.320 bits per heavy atom. The summed E-state index contributed by atoms with van der Waals surface area (Å²) in [4.78, 5) is 0. The second-order valence-electron chi connectivity index (χ2n) is 13.2. The second-order valence-corrected chi connectivity index (χ2v) is 13.2. The molecule has 2 aliphatic rings. The molecule has 0 aromatic heterocycles. The van der Waals surface area contributed by atoms with Crippen molar-refractivity contribution < 1.29 is 4.74 Å². The topological polar surface area (TPSA) is 9.23 Å². The minimum absolute atomic E-state index is 0.527. The van der Waals surface area contributed by atoms with Crippen molar-refractivity contribution in [1.82, 2.24) is 0 Å². The lowest BCUT2D eigenvalue weighted by Gasteiger charge is -2.39. The maximum absolute atomic E-state index is 6.98. The van der Waals surface area contributed by atoms with Crippen LogP contribution in [0.15, 0.2) is 194 Å². The maximum atomic E-state index is 6.98. The van der Waals surface area contributed by atoms with Crippen LogP contribution in [0.4, 0.5) is 0 Å². The summed E-state index contributed by atoms with van der Waals surface area (Å²) in [6, 6.07) is 70.3. The van der Waals surface area contributed by atoms with Crippen molar-refractivity contribution in [3.8, 4) is 67.1 Å². The van der Waals surface area contributed by atoms with Gasteiger partial charge in [-0.05, 0) is 97.6 Å². The SMILES string of the molecule is c1ccc(-c2cc(-c3ccccc3)cc(-c3ccc4c(c3)-c3ccc(-c5ccccc5)c5c3C4(c3ccccc3)c3ccccc3O5)c2)cc1. The maximum Gasteiger partial charge on any atom is 0.140 e. The minimum atomic E-state index is -0.527. The number of hydrogen-bond donors (Lipinski definition) is 0. The van der Waals surface area contributed by atoms with E-state index in [0.717, 1.165) is 22.6 Å². The smallest absolute Gasteiger partial charge is 0.140 e. The molecule has 8 aromatic carbocycles. The highest BCUT2D eigenvalue weighted by Gasteiger charge is 2.52. The molecule has 8 aromatic rings. The van der Waals surface area contributed by atoms with Crippen LogP contribution in [0.2, 0.25) is 0 Å². The van der Waals surface area contributed by atoms with Crippen molar-refractivity contribution >= 4 is 0 Å². The summed E-state index contributed by atoms with van der Waals surface area (Å²) >= 11 is 0. The monoisotopic (exact) mass is 636 g/mol. The largest absolute Gasteiger partial charge is 0.456 e. The molecule has 0 N–H and O–H groups in total. The van der Waals surface area contributed by atoms with Crippen molar-refractivity contribution in [2.75, 3.05) is 0 Å². The van der Waals surface area contributed by atoms with E-state index in [1.165, 1.54) is 66.8 Å². The molecule has 1 aliphatic carbocycles. The average molecular weight is 637 g/mol. The van der Waals surface area contributed by atoms with E-state index in [1.807, 2.05) is 0 Å². The highest BCUT2D eigenvalue weighted by Crippen LogP contribution is 2.65. The molecule has 0 saturated heterocycles. The third-order valence-electron chi connectivity index (χ3n) is 10.5. The van der Waals surface area contributed by atoms with Crippen LogP contribution in [-0.2, 0) is 5.41 Å². The molecule has 1 aliphatic heterocycles.